The van der Waals surface area contributed by atoms with Gasteiger partial charge in [0.2, 0.25) is 10.0 Å². The van der Waals surface area contributed by atoms with Gasteiger partial charge in [-0.2, -0.15) is 0 Å². The lowest BCUT2D eigenvalue weighted by Crippen LogP contribution is -2.18. The van der Waals surface area contributed by atoms with Crippen molar-refractivity contribution in [1.82, 2.24) is 4.98 Å². The van der Waals surface area contributed by atoms with Crippen LogP contribution in [0.1, 0.15) is 17.4 Å². The van der Waals surface area contributed by atoms with Gasteiger partial charge in [-0.25, -0.2) is 18.2 Å². The van der Waals surface area contributed by atoms with E-state index in [1.807, 2.05) is 0 Å². The third kappa shape index (κ3) is 4.11. The van der Waals surface area contributed by atoms with Crippen molar-refractivity contribution in [1.29, 1.82) is 0 Å². The Morgan fingerprint density at radius 3 is 2.71 bits per heavy atom. The maximum atomic E-state index is 11.4. The van der Waals surface area contributed by atoms with Crippen molar-refractivity contribution in [2.75, 3.05) is 17.6 Å². The fourth-order valence-electron chi connectivity index (χ4n) is 0.885. The van der Waals surface area contributed by atoms with E-state index in [0.29, 0.717) is 0 Å². The van der Waals surface area contributed by atoms with Gasteiger partial charge in [0.15, 0.2) is 5.13 Å². The van der Waals surface area contributed by atoms with Crippen LogP contribution >= 0.6 is 11.3 Å². The number of rotatable bonds is 5. The standard InChI is InChI=1S/C8H10N2O5S2/c1-3-15-7(12)6(11)5-4-16-8(9-5)10-17(2,13)14/h4H,3H2,1-2H3,(H,9,10). The van der Waals surface area contributed by atoms with E-state index in [-0.39, 0.29) is 17.4 Å². The highest BCUT2D eigenvalue weighted by atomic mass is 32.2. The predicted octanol–water partition coefficient (Wildman–Crippen LogP) is 0.260. The molecule has 0 unspecified atom stereocenters. The fraction of sp³-hybridized carbons (Fsp3) is 0.375. The van der Waals surface area contributed by atoms with Crippen LogP contribution in [0.4, 0.5) is 5.13 Å². The molecule has 0 aromatic carbocycles. The summed E-state index contributed by atoms with van der Waals surface area (Å²) in [4.78, 5) is 26.2. The number of thiazole rings is 1. The zero-order valence-electron chi connectivity index (χ0n) is 9.09. The van der Waals surface area contributed by atoms with Crippen LogP contribution in [0.15, 0.2) is 5.38 Å². The van der Waals surface area contributed by atoms with Crippen LogP contribution in [-0.4, -0.2) is 38.0 Å². The van der Waals surface area contributed by atoms with E-state index in [2.05, 4.69) is 14.4 Å². The summed E-state index contributed by atoms with van der Waals surface area (Å²) in [6, 6.07) is 0. The first kappa shape index (κ1) is 13.6. The number of hydrogen-bond donors (Lipinski definition) is 1. The van der Waals surface area contributed by atoms with E-state index in [1.165, 1.54) is 5.38 Å². The topological polar surface area (TPSA) is 102 Å². The number of esters is 1. The Morgan fingerprint density at radius 2 is 2.18 bits per heavy atom. The average molecular weight is 278 g/mol. The molecule has 1 N–H and O–H groups in total. The molecule has 0 spiro atoms. The van der Waals surface area contributed by atoms with Crippen LogP contribution in [0.3, 0.4) is 0 Å². The monoisotopic (exact) mass is 278 g/mol. The quantitative estimate of drug-likeness (QED) is 0.471. The minimum Gasteiger partial charge on any atom is -0.460 e. The first-order chi connectivity index (χ1) is 7.83. The lowest BCUT2D eigenvalue weighted by molar-refractivity contribution is -0.137. The van der Waals surface area contributed by atoms with Crippen LogP contribution in [0.5, 0.6) is 0 Å². The molecule has 0 saturated carbocycles. The van der Waals surface area contributed by atoms with Gasteiger partial charge >= 0.3 is 5.97 Å². The molecule has 0 radical (unpaired) electrons. The van der Waals surface area contributed by atoms with Crippen molar-refractivity contribution in [2.45, 2.75) is 6.92 Å². The summed E-state index contributed by atoms with van der Waals surface area (Å²) in [7, 11) is -3.45. The predicted molar refractivity (Wildman–Crippen MR) is 61.5 cm³/mol. The van der Waals surface area contributed by atoms with Gasteiger partial charge in [-0.1, -0.05) is 0 Å². The maximum Gasteiger partial charge on any atom is 0.381 e. The molecule has 0 aliphatic heterocycles. The summed E-state index contributed by atoms with van der Waals surface area (Å²) in [5.41, 5.74) is -0.139. The van der Waals surface area contributed by atoms with Gasteiger partial charge in [0.25, 0.3) is 5.78 Å². The zero-order chi connectivity index (χ0) is 13.1. The summed E-state index contributed by atoms with van der Waals surface area (Å²) in [5.74, 6) is -1.91. The molecular formula is C8H10N2O5S2. The van der Waals surface area contributed by atoms with Gasteiger partial charge in [-0.3, -0.25) is 9.52 Å². The Hall–Kier alpha value is -1.48. The van der Waals surface area contributed by atoms with Crippen LogP contribution in [0.25, 0.3) is 0 Å². The molecule has 0 fully saturated rings. The van der Waals surface area contributed by atoms with Crippen molar-refractivity contribution < 1.29 is 22.7 Å². The Bertz CT molecular complexity index is 534. The van der Waals surface area contributed by atoms with Crippen LogP contribution < -0.4 is 4.72 Å². The molecule has 1 rings (SSSR count). The molecule has 7 nitrogen and oxygen atoms in total. The molecule has 0 atom stereocenters. The van der Waals surface area contributed by atoms with Crippen LogP contribution in [0, 0.1) is 0 Å². The summed E-state index contributed by atoms with van der Waals surface area (Å²) in [5, 5.41) is 1.31. The highest BCUT2D eigenvalue weighted by Crippen LogP contribution is 2.17. The second-order valence-corrected chi connectivity index (χ2v) is 5.57. The highest BCUT2D eigenvalue weighted by molar-refractivity contribution is 7.92. The van der Waals surface area contributed by atoms with Gasteiger partial charge < -0.3 is 4.74 Å². The minimum absolute atomic E-state index is 0.0279. The van der Waals surface area contributed by atoms with Crippen LogP contribution in [-0.2, 0) is 19.6 Å². The van der Waals surface area contributed by atoms with Crippen molar-refractivity contribution in [3.05, 3.63) is 11.1 Å². The molecule has 0 aliphatic carbocycles. The fourth-order valence-corrected chi connectivity index (χ4v) is 2.43. The average Bonchev–Trinajstić information content (AvgIpc) is 2.62. The van der Waals surface area contributed by atoms with E-state index in [4.69, 9.17) is 0 Å². The van der Waals surface area contributed by atoms with E-state index in [1.54, 1.807) is 6.92 Å². The number of aromatic nitrogens is 1. The van der Waals surface area contributed by atoms with Crippen molar-refractivity contribution in [3.63, 3.8) is 0 Å². The number of carbonyl (C=O) groups is 2. The molecule has 17 heavy (non-hydrogen) atoms. The first-order valence-corrected chi connectivity index (χ1v) is 7.25. The van der Waals surface area contributed by atoms with E-state index in [0.717, 1.165) is 17.6 Å². The number of Topliss-reactive ketones (excluding diaryl/α,β-unsaturated/α-hetero) is 1. The minimum atomic E-state index is -3.45. The third-order valence-corrected chi connectivity index (χ3v) is 2.92. The van der Waals surface area contributed by atoms with E-state index >= 15 is 0 Å². The molecule has 0 aliphatic rings. The second kappa shape index (κ2) is 5.23. The molecule has 0 saturated heterocycles. The summed E-state index contributed by atoms with van der Waals surface area (Å²) in [6.45, 7) is 1.66. The Balaban J connectivity index is 2.81. The van der Waals surface area contributed by atoms with Gasteiger partial charge in [0, 0.05) is 5.38 Å². The molecular weight excluding hydrogens is 268 g/mol. The number of nitrogens with one attached hydrogen (secondary N) is 1. The zero-order valence-corrected chi connectivity index (χ0v) is 10.7. The summed E-state index contributed by atoms with van der Waals surface area (Å²) >= 11 is 0.910. The number of nitrogens with zero attached hydrogens (tertiary/aromatic N) is 1. The van der Waals surface area contributed by atoms with E-state index < -0.39 is 21.8 Å². The van der Waals surface area contributed by atoms with Crippen LogP contribution in [0.2, 0.25) is 0 Å². The molecule has 1 aromatic heterocycles. The second-order valence-electron chi connectivity index (χ2n) is 2.96. The molecule has 0 bridgehead atoms. The Labute approximate surface area is 102 Å². The number of sulfonamides is 1. The van der Waals surface area contributed by atoms with Gasteiger partial charge in [-0.05, 0) is 6.92 Å². The highest BCUT2D eigenvalue weighted by Gasteiger charge is 2.21. The number of ether oxygens (including phenoxy) is 1. The number of hydrogen-bond acceptors (Lipinski definition) is 7. The largest absolute Gasteiger partial charge is 0.460 e. The SMILES string of the molecule is CCOC(=O)C(=O)c1csc(NS(C)(=O)=O)n1. The molecule has 0 amide bonds. The molecule has 1 heterocycles. The van der Waals surface area contributed by atoms with E-state index in [9.17, 15) is 18.0 Å². The van der Waals surface area contributed by atoms with Crippen molar-refractivity contribution in [2.24, 2.45) is 0 Å². The smallest absolute Gasteiger partial charge is 0.381 e. The third-order valence-electron chi connectivity index (χ3n) is 1.47. The van der Waals surface area contributed by atoms with Crippen molar-refractivity contribution >= 4 is 38.2 Å². The van der Waals surface area contributed by atoms with Gasteiger partial charge in [-0.15, -0.1) is 11.3 Å². The molecule has 94 valence electrons. The van der Waals surface area contributed by atoms with Gasteiger partial charge in [0.1, 0.15) is 5.69 Å². The Morgan fingerprint density at radius 1 is 1.53 bits per heavy atom. The number of carbonyl (C=O) groups excluding carboxylic acids is 2. The Kier molecular flexibility index (Phi) is 4.18. The summed E-state index contributed by atoms with van der Waals surface area (Å²) in [6.07, 6.45) is 0.960. The number of anilines is 1. The lowest BCUT2D eigenvalue weighted by atomic mass is 10.3. The van der Waals surface area contributed by atoms with Gasteiger partial charge in [0.05, 0.1) is 12.9 Å². The van der Waals surface area contributed by atoms with Crippen molar-refractivity contribution in [3.8, 4) is 0 Å². The lowest BCUT2D eigenvalue weighted by Gasteiger charge is -1.98. The normalized spacial score (nSPS) is 10.9. The summed E-state index contributed by atoms with van der Waals surface area (Å²) < 4.78 is 28.4. The molecule has 9 heteroatoms. The number of ketones is 1. The maximum absolute atomic E-state index is 11.4. The first-order valence-electron chi connectivity index (χ1n) is 4.48. The molecule has 1 aromatic rings.